The number of unbranched alkanes of at least 4 members (excludes halogenated alkanes) is 1. The molecule has 81 heavy (non-hydrogen) atoms. The number of nitrogens with zero attached hydrogens (tertiary/aromatic N) is 2. The Morgan fingerprint density at radius 1 is 0.605 bits per heavy atom. The number of hydrogen-bond donors (Lipinski definition) is 4. The summed E-state index contributed by atoms with van der Waals surface area (Å²) < 4.78 is 24.5. The van der Waals surface area contributed by atoms with Gasteiger partial charge >= 0.3 is 5.97 Å². The van der Waals surface area contributed by atoms with Crippen LogP contribution in [0.15, 0.2) is 188 Å². The van der Waals surface area contributed by atoms with Gasteiger partial charge < -0.3 is 49.8 Å². The lowest BCUT2D eigenvalue weighted by atomic mass is 9.95. The number of thioether (sulfide) groups is 1. The lowest BCUT2D eigenvalue weighted by Gasteiger charge is -2.44. The molecule has 7 aromatic carbocycles. The van der Waals surface area contributed by atoms with Crippen LogP contribution >= 0.6 is 11.8 Å². The first-order valence-corrected chi connectivity index (χ1v) is 27.6. The van der Waals surface area contributed by atoms with Crippen molar-refractivity contribution in [3.05, 3.63) is 227 Å². The van der Waals surface area contributed by atoms with Gasteiger partial charge in [0.15, 0.2) is 23.0 Å². The molecule has 0 aromatic heterocycles. The number of nitrogens with one attached hydrogen (secondary N) is 3. The molecule has 5 amide bonds. The van der Waals surface area contributed by atoms with Crippen molar-refractivity contribution in [2.45, 2.75) is 81.4 Å². The number of amides is 5. The molecule has 2 heterocycles. The van der Waals surface area contributed by atoms with E-state index in [1.54, 1.807) is 80.6 Å². The third kappa shape index (κ3) is 14.2. The van der Waals surface area contributed by atoms with Gasteiger partial charge in [-0.15, -0.1) is 11.8 Å². The molecule has 416 valence electrons. The van der Waals surface area contributed by atoms with Crippen molar-refractivity contribution in [3.8, 4) is 23.0 Å². The van der Waals surface area contributed by atoms with Gasteiger partial charge in [0.2, 0.25) is 17.7 Å². The van der Waals surface area contributed by atoms with E-state index in [4.69, 9.17) is 18.9 Å². The predicted molar refractivity (Wildman–Crippen MR) is 306 cm³/mol. The summed E-state index contributed by atoms with van der Waals surface area (Å²) in [4.78, 5) is 86.4. The fraction of sp³-hybridized carbons (Fsp3) is 0.250. The Kier molecular flexibility index (Phi) is 18.7. The molecule has 2 saturated heterocycles. The molecule has 4 atom stereocenters. The van der Waals surface area contributed by atoms with Crippen molar-refractivity contribution in [1.82, 2.24) is 25.8 Å². The topological polar surface area (TPSA) is 202 Å². The second-order valence-electron chi connectivity index (χ2n) is 20.0. The second-order valence-corrected chi connectivity index (χ2v) is 21.8. The minimum absolute atomic E-state index is 0.0254. The maximum Gasteiger partial charge on any atom is 0.327 e. The van der Waals surface area contributed by atoms with E-state index in [2.05, 4.69) is 16.0 Å². The largest absolute Gasteiger partial charge is 0.485 e. The van der Waals surface area contributed by atoms with Crippen LogP contribution in [0, 0.1) is 0 Å². The highest BCUT2D eigenvalue weighted by molar-refractivity contribution is 8.01. The highest BCUT2D eigenvalue weighted by atomic mass is 32.2. The molecule has 4 N–H and O–H groups in total. The fourth-order valence-corrected chi connectivity index (χ4v) is 11.3. The van der Waals surface area contributed by atoms with E-state index in [0.29, 0.717) is 29.9 Å². The molecule has 16 nitrogen and oxygen atoms in total. The average Bonchev–Trinajstić information content (AvgIpc) is 4.04. The van der Waals surface area contributed by atoms with Crippen molar-refractivity contribution in [2.75, 3.05) is 19.6 Å². The summed E-state index contributed by atoms with van der Waals surface area (Å²) in [7, 11) is 0. The third-order valence-corrected chi connectivity index (χ3v) is 15.4. The maximum absolute atomic E-state index is 15.2. The first-order chi connectivity index (χ1) is 39.3. The Bertz CT molecular complexity index is 3300. The number of carboxylic acids is 1. The Balaban J connectivity index is 0.942. The minimum atomic E-state index is -1.31. The van der Waals surface area contributed by atoms with Gasteiger partial charge in [0, 0.05) is 17.8 Å². The van der Waals surface area contributed by atoms with Gasteiger partial charge in [-0.25, -0.2) is 4.79 Å². The zero-order valence-electron chi connectivity index (χ0n) is 44.9. The molecule has 9 rings (SSSR count). The summed E-state index contributed by atoms with van der Waals surface area (Å²) in [6.45, 7) is 3.89. The first-order valence-electron chi connectivity index (χ1n) is 26.7. The van der Waals surface area contributed by atoms with Gasteiger partial charge in [-0.1, -0.05) is 164 Å². The van der Waals surface area contributed by atoms with Gasteiger partial charge in [-0.2, -0.15) is 0 Å². The van der Waals surface area contributed by atoms with Crippen LogP contribution in [-0.2, 0) is 45.6 Å². The molecule has 0 bridgehead atoms. The minimum Gasteiger partial charge on any atom is -0.485 e. The number of hydrogen-bond acceptors (Lipinski definition) is 11. The molecule has 0 spiro atoms. The Hall–Kier alpha value is -9.09. The molecule has 0 saturated carbocycles. The van der Waals surface area contributed by atoms with Crippen molar-refractivity contribution in [1.29, 1.82) is 0 Å². The molecular weight excluding hydrogens is 1050 g/mol. The molecule has 2 aliphatic rings. The van der Waals surface area contributed by atoms with Crippen LogP contribution in [0.3, 0.4) is 0 Å². The van der Waals surface area contributed by atoms with Crippen LogP contribution in [0.1, 0.15) is 81.3 Å². The number of β-lactam (4-membered cyclic amide) rings is 1. The van der Waals surface area contributed by atoms with Crippen LogP contribution in [0.4, 0.5) is 0 Å². The van der Waals surface area contributed by atoms with E-state index in [-0.39, 0.29) is 62.1 Å². The standard InChI is InChI=1S/C64H63N5O11S/c1-64(2)57(63(75)76)69-61(74)54(62(69)81-64)67-59(72)53(47-30-16-7-17-31-47)66-52(70)38-68(60(73)49-33-21-35-51(78-40-44-24-10-4-11-25-44)56(49)80-42-46-28-14-6-15-29-46)37-19-18-36-65-58(71)48-32-20-34-50(77-39-43-22-8-3-9-23-43)55(48)79-41-45-26-12-5-13-27-45/h3-17,20-35,53-54,57,62H,18-19,36-42H2,1-2H3,(H,65,71)(H,66,70)(H,67,72)(H,75,76)/t53-,54-,57+,62-/m1/s1. The molecule has 0 aliphatic carbocycles. The number of ether oxygens (including phenoxy) is 4. The summed E-state index contributed by atoms with van der Waals surface area (Å²) in [6, 6.07) is 53.5. The van der Waals surface area contributed by atoms with E-state index in [0.717, 1.165) is 22.3 Å². The molecular formula is C64H63N5O11S. The normalized spacial score (nSPS) is 16.1. The van der Waals surface area contributed by atoms with Gasteiger partial charge in [0.05, 0.1) is 17.7 Å². The van der Waals surface area contributed by atoms with Crippen LogP contribution < -0.4 is 34.9 Å². The van der Waals surface area contributed by atoms with Gasteiger partial charge in [-0.05, 0) is 78.8 Å². The lowest BCUT2D eigenvalue weighted by molar-refractivity contribution is -0.161. The van der Waals surface area contributed by atoms with Gasteiger partial charge in [0.25, 0.3) is 11.8 Å². The van der Waals surface area contributed by atoms with E-state index in [9.17, 15) is 29.1 Å². The number of rotatable bonds is 26. The van der Waals surface area contributed by atoms with Crippen molar-refractivity contribution in [2.24, 2.45) is 0 Å². The number of para-hydroxylation sites is 2. The second kappa shape index (κ2) is 26.7. The van der Waals surface area contributed by atoms with Crippen LogP contribution in [-0.4, -0.2) is 92.3 Å². The lowest BCUT2D eigenvalue weighted by Crippen LogP contribution is -2.71. The smallest absolute Gasteiger partial charge is 0.327 e. The summed E-state index contributed by atoms with van der Waals surface area (Å²) >= 11 is 1.28. The van der Waals surface area contributed by atoms with E-state index in [1.165, 1.54) is 21.6 Å². The summed E-state index contributed by atoms with van der Waals surface area (Å²) in [5.41, 5.74) is 4.38. The molecule has 2 aliphatic heterocycles. The number of aliphatic carboxylic acids is 1. The Labute approximate surface area is 474 Å². The monoisotopic (exact) mass is 1110 g/mol. The van der Waals surface area contributed by atoms with Crippen LogP contribution in [0.2, 0.25) is 0 Å². The fourth-order valence-electron chi connectivity index (χ4n) is 9.69. The quantitative estimate of drug-likeness (QED) is 0.0296. The Morgan fingerprint density at radius 2 is 1.07 bits per heavy atom. The summed E-state index contributed by atoms with van der Waals surface area (Å²) in [6.07, 6.45) is 0.691. The molecule has 0 unspecified atom stereocenters. The van der Waals surface area contributed by atoms with E-state index in [1.807, 2.05) is 121 Å². The number of carbonyl (C=O) groups is 6. The van der Waals surface area contributed by atoms with Crippen LogP contribution in [0.5, 0.6) is 23.0 Å². The molecule has 7 aromatic rings. The predicted octanol–water partition coefficient (Wildman–Crippen LogP) is 9.14. The summed E-state index contributed by atoms with van der Waals surface area (Å²) in [5.74, 6) is -2.87. The number of benzene rings is 7. The average molecular weight is 1110 g/mol. The summed E-state index contributed by atoms with van der Waals surface area (Å²) in [5, 5.41) is 18.0. The molecule has 0 radical (unpaired) electrons. The van der Waals surface area contributed by atoms with Crippen LogP contribution in [0.25, 0.3) is 0 Å². The zero-order chi connectivity index (χ0) is 56.7. The molecule has 17 heteroatoms. The number of carbonyl (C=O) groups excluding carboxylic acids is 5. The van der Waals surface area contributed by atoms with Crippen molar-refractivity contribution >= 4 is 47.3 Å². The third-order valence-electron chi connectivity index (χ3n) is 13.8. The van der Waals surface area contributed by atoms with Gasteiger partial charge in [0.1, 0.15) is 49.9 Å². The van der Waals surface area contributed by atoms with Crippen molar-refractivity contribution in [3.63, 3.8) is 0 Å². The SMILES string of the molecule is CC1(C)S[C@@H]2[C@H](NC(=O)[C@H](NC(=O)CN(CCCCNC(=O)c3cccc(OCc4ccccc4)c3OCc3ccccc3)C(=O)c3cccc(OCc4ccccc4)c3OCc3ccccc3)c3ccccc3)C(=O)N2[C@H]1C(=O)O. The Morgan fingerprint density at radius 3 is 1.58 bits per heavy atom. The van der Waals surface area contributed by atoms with Gasteiger partial charge in [-0.3, -0.25) is 24.0 Å². The molecule has 2 fully saturated rings. The van der Waals surface area contributed by atoms with E-state index < -0.39 is 70.3 Å². The maximum atomic E-state index is 15.2. The highest BCUT2D eigenvalue weighted by Gasteiger charge is 2.64. The first kappa shape index (κ1) is 56.6. The van der Waals surface area contributed by atoms with E-state index >= 15 is 4.79 Å². The van der Waals surface area contributed by atoms with Crippen molar-refractivity contribution < 1.29 is 52.8 Å². The number of carboxylic acid groups (broad SMARTS) is 1. The number of fused-ring (bicyclic) bond motifs is 1. The highest BCUT2D eigenvalue weighted by Crippen LogP contribution is 2.51. The zero-order valence-corrected chi connectivity index (χ0v) is 45.7.